The Labute approximate surface area is 275 Å². The van der Waals surface area contributed by atoms with Gasteiger partial charge in [-0.1, -0.05) is 13.0 Å². The number of ether oxygens (including phenoxy) is 4. The third kappa shape index (κ3) is 4.69. The molecular weight excluding hydrogens is 580 g/mol. The lowest BCUT2D eigenvalue weighted by atomic mass is 9.49. The molecule has 9 fully saturated rings. The summed E-state index contributed by atoms with van der Waals surface area (Å²) in [7, 11) is 0. The van der Waals surface area contributed by atoms with E-state index in [0.29, 0.717) is 72.8 Å². The van der Waals surface area contributed by atoms with Crippen LogP contribution in [0.15, 0.2) is 11.6 Å². The third-order valence-corrected chi connectivity index (χ3v) is 15.4. The van der Waals surface area contributed by atoms with Crippen molar-refractivity contribution >= 4 is 12.0 Å². The van der Waals surface area contributed by atoms with E-state index in [1.807, 2.05) is 4.90 Å². The van der Waals surface area contributed by atoms with Crippen LogP contribution in [0.2, 0.25) is 0 Å². The van der Waals surface area contributed by atoms with Gasteiger partial charge in [-0.2, -0.15) is 0 Å². The van der Waals surface area contributed by atoms with Crippen LogP contribution in [0.3, 0.4) is 0 Å². The molecule has 3 heterocycles. The SMILES string of the molecule is C/C=C1\C(OC2CN(C(=O)CC3CC3)CCO2)CCC23CC24CCC2(C)C5CCC(COC(=O)N6CCC6)OC5CC2C4CCC13. The largest absolute Gasteiger partial charge is 0.447 e. The highest BCUT2D eigenvalue weighted by Crippen LogP contribution is 2.86. The average Bonchev–Trinajstić information content (AvgIpc) is 3.94. The molecule has 9 rings (SSSR count). The van der Waals surface area contributed by atoms with Crippen LogP contribution in [0.4, 0.5) is 4.79 Å². The predicted octanol–water partition coefficient (Wildman–Crippen LogP) is 6.33. The lowest BCUT2D eigenvalue weighted by Gasteiger charge is -2.56. The summed E-state index contributed by atoms with van der Waals surface area (Å²) in [5.74, 6) is 3.72. The summed E-state index contributed by atoms with van der Waals surface area (Å²) in [6.45, 7) is 8.78. The van der Waals surface area contributed by atoms with E-state index >= 15 is 0 Å². The van der Waals surface area contributed by atoms with Gasteiger partial charge in [0, 0.05) is 26.1 Å². The Bertz CT molecular complexity index is 1260. The van der Waals surface area contributed by atoms with Gasteiger partial charge in [-0.25, -0.2) is 4.79 Å². The molecular formula is C38H56N2O6. The minimum atomic E-state index is -0.310. The van der Waals surface area contributed by atoms with Crippen LogP contribution >= 0.6 is 0 Å². The number of allylic oxidation sites excluding steroid dienone is 1. The molecule has 2 amide bonds. The predicted molar refractivity (Wildman–Crippen MR) is 172 cm³/mol. The molecule has 0 bridgehead atoms. The number of rotatable bonds is 6. The maximum Gasteiger partial charge on any atom is 0.409 e. The molecule has 6 aliphatic carbocycles. The Kier molecular flexibility index (Phi) is 7.40. The van der Waals surface area contributed by atoms with Gasteiger partial charge in [0.15, 0.2) is 6.29 Å². The second-order valence-electron chi connectivity index (χ2n) is 17.2. The van der Waals surface area contributed by atoms with E-state index in [2.05, 4.69) is 19.9 Å². The van der Waals surface area contributed by atoms with Crippen molar-refractivity contribution in [3.8, 4) is 0 Å². The fourth-order valence-corrected chi connectivity index (χ4v) is 12.7. The number of amides is 2. The molecule has 0 aromatic carbocycles. The Morgan fingerprint density at radius 2 is 1.78 bits per heavy atom. The summed E-state index contributed by atoms with van der Waals surface area (Å²) in [6, 6.07) is 0. The van der Waals surface area contributed by atoms with E-state index in [1.54, 1.807) is 4.90 Å². The standard InChI is InChI=1S/C38H56N2O6/c1-3-26-27-9-10-28-30-20-32-29(8-7-25(45-32)22-44-35(42)39-15-4-16-39)36(30,2)13-14-38(28)23-37(27,38)12-11-31(26)46-34-21-40(17-18-43-34)33(41)19-24-5-6-24/h3,24-25,27-32,34H,4-23H2,1-2H3/b26-3-. The fourth-order valence-electron chi connectivity index (χ4n) is 12.7. The number of hydrogen-bond donors (Lipinski definition) is 0. The van der Waals surface area contributed by atoms with Crippen LogP contribution in [0.25, 0.3) is 0 Å². The van der Waals surface area contributed by atoms with Gasteiger partial charge in [-0.05, 0) is 142 Å². The van der Waals surface area contributed by atoms with Gasteiger partial charge in [0.2, 0.25) is 5.91 Å². The molecule has 254 valence electrons. The van der Waals surface area contributed by atoms with E-state index < -0.39 is 0 Å². The van der Waals surface area contributed by atoms with Gasteiger partial charge in [0.25, 0.3) is 0 Å². The van der Waals surface area contributed by atoms with Crippen molar-refractivity contribution in [1.29, 1.82) is 0 Å². The number of carbonyl (C=O) groups excluding carboxylic acids is 2. The molecule has 0 radical (unpaired) electrons. The van der Waals surface area contributed by atoms with E-state index in [0.717, 1.165) is 44.2 Å². The Balaban J connectivity index is 0.851. The number of nitrogens with zero attached hydrogens (tertiary/aromatic N) is 2. The number of morpholine rings is 1. The van der Waals surface area contributed by atoms with Crippen molar-refractivity contribution in [3.63, 3.8) is 0 Å². The molecule has 2 spiro atoms. The quantitative estimate of drug-likeness (QED) is 0.318. The lowest BCUT2D eigenvalue weighted by molar-refractivity contribution is -0.205. The highest BCUT2D eigenvalue weighted by molar-refractivity contribution is 5.76. The van der Waals surface area contributed by atoms with Crippen LogP contribution in [-0.2, 0) is 23.7 Å². The molecule has 46 heavy (non-hydrogen) atoms. The Morgan fingerprint density at radius 3 is 2.57 bits per heavy atom. The van der Waals surface area contributed by atoms with Crippen LogP contribution in [0, 0.1) is 45.8 Å². The summed E-state index contributed by atoms with van der Waals surface area (Å²) in [5, 5.41) is 0. The summed E-state index contributed by atoms with van der Waals surface area (Å²) >= 11 is 0. The first-order chi connectivity index (χ1) is 22.3. The molecule has 8 nitrogen and oxygen atoms in total. The molecule has 11 atom stereocenters. The molecule has 0 aromatic heterocycles. The number of fused-ring (bicyclic) bond motifs is 4. The van der Waals surface area contributed by atoms with Crippen molar-refractivity contribution in [3.05, 3.63) is 11.6 Å². The second-order valence-corrected chi connectivity index (χ2v) is 17.2. The summed E-state index contributed by atoms with van der Waals surface area (Å²) in [5.41, 5.74) is 2.84. The summed E-state index contributed by atoms with van der Waals surface area (Å²) in [6.07, 6.45) is 19.1. The van der Waals surface area contributed by atoms with Crippen molar-refractivity contribution in [2.45, 2.75) is 128 Å². The van der Waals surface area contributed by atoms with Crippen LogP contribution in [0.1, 0.15) is 104 Å². The van der Waals surface area contributed by atoms with Gasteiger partial charge < -0.3 is 28.7 Å². The third-order valence-electron chi connectivity index (χ3n) is 15.4. The monoisotopic (exact) mass is 636 g/mol. The smallest absolute Gasteiger partial charge is 0.409 e. The second kappa shape index (κ2) is 11.2. The minimum Gasteiger partial charge on any atom is -0.447 e. The first-order valence-electron chi connectivity index (χ1n) is 19.1. The molecule has 3 saturated heterocycles. The van der Waals surface area contributed by atoms with Gasteiger partial charge in [-0.3, -0.25) is 4.79 Å². The van der Waals surface area contributed by atoms with Gasteiger partial charge in [-0.15, -0.1) is 0 Å². The highest BCUT2D eigenvalue weighted by Gasteiger charge is 2.79. The lowest BCUT2D eigenvalue weighted by Crippen LogP contribution is -2.51. The maximum absolute atomic E-state index is 12.8. The molecule has 0 aromatic rings. The summed E-state index contributed by atoms with van der Waals surface area (Å²) < 4.78 is 25.3. The average molecular weight is 637 g/mol. The highest BCUT2D eigenvalue weighted by atomic mass is 16.7. The Hall–Kier alpha value is -1.64. The molecule has 0 N–H and O–H groups in total. The molecule has 8 heteroatoms. The van der Waals surface area contributed by atoms with Crippen molar-refractivity contribution in [1.82, 2.24) is 9.80 Å². The fraction of sp³-hybridized carbons (Fsp3) is 0.895. The zero-order valence-corrected chi connectivity index (χ0v) is 28.3. The van der Waals surface area contributed by atoms with Gasteiger partial charge in [0.05, 0.1) is 31.5 Å². The Morgan fingerprint density at radius 1 is 0.935 bits per heavy atom. The first kappa shape index (κ1) is 30.4. The molecule has 9 aliphatic rings. The van der Waals surface area contributed by atoms with E-state index in [4.69, 9.17) is 18.9 Å². The number of hydrogen-bond acceptors (Lipinski definition) is 6. The zero-order chi connectivity index (χ0) is 31.3. The van der Waals surface area contributed by atoms with Crippen molar-refractivity contribution < 1.29 is 28.5 Å². The minimum absolute atomic E-state index is 0.0521. The van der Waals surface area contributed by atoms with Gasteiger partial charge >= 0.3 is 6.09 Å². The van der Waals surface area contributed by atoms with Crippen molar-refractivity contribution in [2.75, 3.05) is 39.4 Å². The van der Waals surface area contributed by atoms with Crippen LogP contribution < -0.4 is 0 Å². The van der Waals surface area contributed by atoms with Crippen molar-refractivity contribution in [2.24, 2.45) is 45.8 Å². The molecule has 3 aliphatic heterocycles. The normalized spacial score (nSPS) is 48.3. The van der Waals surface area contributed by atoms with E-state index in [-0.39, 0.29) is 30.5 Å². The van der Waals surface area contributed by atoms with E-state index in [9.17, 15) is 9.59 Å². The maximum atomic E-state index is 12.8. The summed E-state index contributed by atoms with van der Waals surface area (Å²) in [4.78, 5) is 29.0. The number of carbonyl (C=O) groups is 2. The number of likely N-dealkylation sites (tertiary alicyclic amines) is 1. The molecule has 6 saturated carbocycles. The zero-order valence-electron chi connectivity index (χ0n) is 28.3. The van der Waals surface area contributed by atoms with Gasteiger partial charge in [0.1, 0.15) is 6.61 Å². The van der Waals surface area contributed by atoms with Crippen LogP contribution in [0.5, 0.6) is 0 Å². The van der Waals surface area contributed by atoms with E-state index in [1.165, 1.54) is 69.8 Å². The van der Waals surface area contributed by atoms with Crippen LogP contribution in [-0.4, -0.2) is 85.8 Å². The first-order valence-corrected chi connectivity index (χ1v) is 19.1. The molecule has 11 unspecified atom stereocenters. The topological polar surface area (TPSA) is 77.5 Å².